The van der Waals surface area contributed by atoms with Gasteiger partial charge in [0.1, 0.15) is 5.82 Å². The molecule has 1 aromatic carbocycles. The molecular weight excluding hydrogens is 356 g/mol. The Morgan fingerprint density at radius 2 is 2.12 bits per heavy atom. The van der Waals surface area contributed by atoms with Gasteiger partial charge in [0.25, 0.3) is 10.0 Å². The zero-order chi connectivity index (χ0) is 18.6. The number of hydrogen-bond acceptors (Lipinski definition) is 6. The number of amides is 1. The lowest BCUT2D eigenvalue weighted by atomic mass is 10.2. The highest BCUT2D eigenvalue weighted by Gasteiger charge is 2.22. The molecule has 3 rings (SSSR count). The van der Waals surface area contributed by atoms with E-state index in [0.717, 1.165) is 6.42 Å². The second kappa shape index (κ2) is 7.71. The van der Waals surface area contributed by atoms with Crippen molar-refractivity contribution >= 4 is 33.1 Å². The van der Waals surface area contributed by atoms with Crippen molar-refractivity contribution in [1.29, 1.82) is 0 Å². The third kappa shape index (κ3) is 4.30. The fourth-order valence-electron chi connectivity index (χ4n) is 2.58. The van der Waals surface area contributed by atoms with Gasteiger partial charge in [0, 0.05) is 25.9 Å². The molecule has 0 spiro atoms. The number of carbonyl (C=O) groups excluding carboxylic acids is 1. The summed E-state index contributed by atoms with van der Waals surface area (Å²) in [7, 11) is -2.11. The minimum Gasteiger partial charge on any atom is -0.385 e. The van der Waals surface area contributed by atoms with Crippen LogP contribution in [0.15, 0.2) is 41.4 Å². The molecule has 1 aliphatic rings. The van der Waals surface area contributed by atoms with Crippen LogP contribution in [0.5, 0.6) is 0 Å². The molecule has 0 saturated heterocycles. The number of nitrogens with one attached hydrogen (secondary N) is 3. The van der Waals surface area contributed by atoms with Crippen molar-refractivity contribution in [3.63, 3.8) is 0 Å². The van der Waals surface area contributed by atoms with Gasteiger partial charge < -0.3 is 15.4 Å². The second-order valence-electron chi connectivity index (χ2n) is 5.85. The molecule has 0 radical (unpaired) electrons. The number of ether oxygens (including phenoxy) is 1. The van der Waals surface area contributed by atoms with Gasteiger partial charge in [0.15, 0.2) is 0 Å². The Balaban J connectivity index is 1.66. The first-order chi connectivity index (χ1) is 12.5. The Bertz CT molecular complexity index is 897. The molecule has 0 unspecified atom stereocenters. The summed E-state index contributed by atoms with van der Waals surface area (Å²) in [5, 5.41) is 5.80. The summed E-state index contributed by atoms with van der Waals surface area (Å²) in [4.78, 5) is 15.7. The van der Waals surface area contributed by atoms with Gasteiger partial charge in [-0.05, 0) is 42.3 Å². The maximum absolute atomic E-state index is 12.5. The van der Waals surface area contributed by atoms with Gasteiger partial charge in [0.2, 0.25) is 5.91 Å². The molecule has 2 heterocycles. The molecule has 8 nitrogen and oxygen atoms in total. The van der Waals surface area contributed by atoms with Crippen molar-refractivity contribution in [1.82, 2.24) is 4.98 Å². The molecule has 2 aromatic rings. The average Bonchev–Trinajstić information content (AvgIpc) is 2.99. The topological polar surface area (TPSA) is 109 Å². The monoisotopic (exact) mass is 376 g/mol. The van der Waals surface area contributed by atoms with E-state index in [4.69, 9.17) is 4.74 Å². The SMILES string of the molecule is COCCCNc1ccc(NS(=O)(=O)c2ccc3c(c2)CC(=O)N3)cn1. The predicted molar refractivity (Wildman–Crippen MR) is 98.8 cm³/mol. The van der Waals surface area contributed by atoms with Crippen LogP contribution in [-0.2, 0) is 26.0 Å². The van der Waals surface area contributed by atoms with Crippen molar-refractivity contribution < 1.29 is 17.9 Å². The number of hydrogen-bond donors (Lipinski definition) is 3. The van der Waals surface area contributed by atoms with Gasteiger partial charge in [-0.15, -0.1) is 0 Å². The van der Waals surface area contributed by atoms with E-state index in [2.05, 4.69) is 20.3 Å². The fraction of sp³-hybridized carbons (Fsp3) is 0.294. The van der Waals surface area contributed by atoms with Crippen LogP contribution in [0.3, 0.4) is 0 Å². The van der Waals surface area contributed by atoms with Gasteiger partial charge in [-0.1, -0.05) is 0 Å². The first kappa shape index (κ1) is 18.2. The highest BCUT2D eigenvalue weighted by atomic mass is 32.2. The van der Waals surface area contributed by atoms with Gasteiger partial charge in [-0.3, -0.25) is 9.52 Å². The number of fused-ring (bicyclic) bond motifs is 1. The number of sulfonamides is 1. The van der Waals surface area contributed by atoms with Crippen LogP contribution in [-0.4, -0.2) is 39.6 Å². The van der Waals surface area contributed by atoms with Gasteiger partial charge in [-0.25, -0.2) is 13.4 Å². The van der Waals surface area contributed by atoms with E-state index >= 15 is 0 Å². The molecule has 1 aliphatic heterocycles. The highest BCUT2D eigenvalue weighted by Crippen LogP contribution is 2.26. The Labute approximate surface area is 152 Å². The Kier molecular flexibility index (Phi) is 5.38. The van der Waals surface area contributed by atoms with Crippen molar-refractivity contribution in [3.8, 4) is 0 Å². The van der Waals surface area contributed by atoms with E-state index in [1.807, 2.05) is 0 Å². The standard InChI is InChI=1S/C17H20N4O4S/c1-25-8-2-7-18-16-6-3-13(11-19-16)21-26(23,24)14-4-5-15-12(9-14)10-17(22)20-15/h3-6,9,11,21H,2,7-8,10H2,1H3,(H,18,19)(H,20,22). The van der Waals surface area contributed by atoms with Crippen LogP contribution in [0.2, 0.25) is 0 Å². The van der Waals surface area contributed by atoms with E-state index in [1.54, 1.807) is 25.3 Å². The summed E-state index contributed by atoms with van der Waals surface area (Å²) < 4.78 is 32.5. The first-order valence-electron chi connectivity index (χ1n) is 8.12. The summed E-state index contributed by atoms with van der Waals surface area (Å²) >= 11 is 0. The first-order valence-corrected chi connectivity index (χ1v) is 9.61. The largest absolute Gasteiger partial charge is 0.385 e. The highest BCUT2D eigenvalue weighted by molar-refractivity contribution is 7.92. The lowest BCUT2D eigenvalue weighted by Crippen LogP contribution is -2.13. The number of benzene rings is 1. The zero-order valence-corrected chi connectivity index (χ0v) is 15.1. The van der Waals surface area contributed by atoms with Crippen molar-refractivity contribution in [2.24, 2.45) is 0 Å². The smallest absolute Gasteiger partial charge is 0.261 e. The summed E-state index contributed by atoms with van der Waals surface area (Å²) in [6, 6.07) is 7.91. The summed E-state index contributed by atoms with van der Waals surface area (Å²) in [5.41, 5.74) is 1.69. The molecule has 0 fully saturated rings. The minimum atomic E-state index is -3.76. The maximum Gasteiger partial charge on any atom is 0.261 e. The van der Waals surface area contributed by atoms with Gasteiger partial charge >= 0.3 is 0 Å². The average molecular weight is 376 g/mol. The number of pyridine rings is 1. The fourth-order valence-corrected chi connectivity index (χ4v) is 3.67. The van der Waals surface area contributed by atoms with Crippen LogP contribution in [0.1, 0.15) is 12.0 Å². The Morgan fingerprint density at radius 1 is 1.27 bits per heavy atom. The molecule has 26 heavy (non-hydrogen) atoms. The zero-order valence-electron chi connectivity index (χ0n) is 14.3. The number of anilines is 3. The maximum atomic E-state index is 12.5. The molecule has 1 amide bonds. The molecule has 0 atom stereocenters. The van der Waals surface area contributed by atoms with Crippen molar-refractivity contribution in [3.05, 3.63) is 42.1 Å². The van der Waals surface area contributed by atoms with E-state index in [1.165, 1.54) is 18.3 Å². The van der Waals surface area contributed by atoms with Crippen LogP contribution < -0.4 is 15.4 Å². The van der Waals surface area contributed by atoms with Crippen molar-refractivity contribution in [2.45, 2.75) is 17.7 Å². The number of methoxy groups -OCH3 is 1. The normalized spacial score (nSPS) is 13.2. The molecule has 9 heteroatoms. The lowest BCUT2D eigenvalue weighted by Gasteiger charge is -2.10. The molecule has 0 saturated carbocycles. The van der Waals surface area contributed by atoms with Crippen LogP contribution >= 0.6 is 0 Å². The second-order valence-corrected chi connectivity index (χ2v) is 7.54. The number of carbonyl (C=O) groups is 1. The Hall–Kier alpha value is -2.65. The van der Waals surface area contributed by atoms with Crippen molar-refractivity contribution in [2.75, 3.05) is 35.6 Å². The van der Waals surface area contributed by atoms with Crippen LogP contribution in [0, 0.1) is 0 Å². The van der Waals surface area contributed by atoms with Crippen LogP contribution in [0.25, 0.3) is 0 Å². The van der Waals surface area contributed by atoms with Gasteiger partial charge in [-0.2, -0.15) is 0 Å². The molecule has 138 valence electrons. The van der Waals surface area contributed by atoms with Crippen LogP contribution in [0.4, 0.5) is 17.2 Å². The van der Waals surface area contributed by atoms with E-state index in [9.17, 15) is 13.2 Å². The third-order valence-electron chi connectivity index (χ3n) is 3.86. The number of aromatic nitrogens is 1. The Morgan fingerprint density at radius 3 is 2.85 bits per heavy atom. The summed E-state index contributed by atoms with van der Waals surface area (Å²) in [6.45, 7) is 1.38. The third-order valence-corrected chi connectivity index (χ3v) is 5.24. The van der Waals surface area contributed by atoms with E-state index < -0.39 is 10.0 Å². The molecule has 0 aliphatic carbocycles. The summed E-state index contributed by atoms with van der Waals surface area (Å²) in [5.74, 6) is 0.520. The molecule has 3 N–H and O–H groups in total. The van der Waals surface area contributed by atoms with E-state index in [-0.39, 0.29) is 17.2 Å². The predicted octanol–water partition coefficient (Wildman–Crippen LogP) is 1.83. The quantitative estimate of drug-likeness (QED) is 0.607. The number of nitrogens with zero attached hydrogens (tertiary/aromatic N) is 1. The van der Waals surface area contributed by atoms with Gasteiger partial charge in [0.05, 0.1) is 23.2 Å². The summed E-state index contributed by atoms with van der Waals surface area (Å²) in [6.07, 6.45) is 2.49. The van der Waals surface area contributed by atoms with E-state index in [0.29, 0.717) is 35.9 Å². The molecular formula is C17H20N4O4S. The molecule has 1 aromatic heterocycles. The molecule has 0 bridgehead atoms. The minimum absolute atomic E-state index is 0.106. The lowest BCUT2D eigenvalue weighted by molar-refractivity contribution is -0.115. The number of rotatable bonds is 8.